The summed E-state index contributed by atoms with van der Waals surface area (Å²) >= 11 is 11.7. The molecule has 1 aromatic carbocycles. The number of hydrogen-bond acceptors (Lipinski definition) is 2. The van der Waals surface area contributed by atoms with Gasteiger partial charge in [0.1, 0.15) is 4.33 Å². The molecule has 0 aliphatic heterocycles. The second kappa shape index (κ2) is 3.52. The number of halogens is 2. The Morgan fingerprint density at radius 2 is 2.07 bits per heavy atom. The van der Waals surface area contributed by atoms with Gasteiger partial charge in [0.2, 0.25) is 0 Å². The average molecular weight is 233 g/mol. The molecule has 1 aliphatic rings. The van der Waals surface area contributed by atoms with Gasteiger partial charge in [0.15, 0.2) is 11.5 Å². The number of phenols is 1. The Morgan fingerprint density at radius 1 is 1.43 bits per heavy atom. The number of para-hydroxylation sites is 2. The van der Waals surface area contributed by atoms with Crippen LogP contribution in [0.5, 0.6) is 11.5 Å². The number of aromatic hydroxyl groups is 1. The molecule has 2 nitrogen and oxygen atoms in total. The van der Waals surface area contributed by atoms with Gasteiger partial charge in [-0.05, 0) is 18.6 Å². The van der Waals surface area contributed by atoms with Gasteiger partial charge in [-0.1, -0.05) is 12.1 Å². The summed E-state index contributed by atoms with van der Waals surface area (Å²) in [6.45, 7) is 0.449. The number of hydrogen-bond donors (Lipinski definition) is 1. The van der Waals surface area contributed by atoms with Crippen LogP contribution in [0, 0.1) is 5.92 Å². The van der Waals surface area contributed by atoms with Gasteiger partial charge >= 0.3 is 0 Å². The van der Waals surface area contributed by atoms with E-state index in [0.29, 0.717) is 12.4 Å². The van der Waals surface area contributed by atoms with E-state index in [2.05, 4.69) is 0 Å². The molecular weight excluding hydrogens is 223 g/mol. The summed E-state index contributed by atoms with van der Waals surface area (Å²) < 4.78 is 4.76. The molecule has 0 bridgehead atoms. The molecule has 0 aromatic heterocycles. The maximum atomic E-state index is 9.38. The summed E-state index contributed by atoms with van der Waals surface area (Å²) in [4.78, 5) is 0. The van der Waals surface area contributed by atoms with Crippen molar-refractivity contribution >= 4 is 23.2 Å². The Morgan fingerprint density at radius 3 is 2.64 bits per heavy atom. The lowest BCUT2D eigenvalue weighted by molar-refractivity contribution is 0.283. The Balaban J connectivity index is 1.90. The monoisotopic (exact) mass is 232 g/mol. The van der Waals surface area contributed by atoms with E-state index in [1.54, 1.807) is 24.3 Å². The molecule has 1 atom stereocenters. The van der Waals surface area contributed by atoms with Crippen molar-refractivity contribution in [3.8, 4) is 11.5 Å². The first kappa shape index (κ1) is 9.94. The Hall–Kier alpha value is -0.600. The van der Waals surface area contributed by atoms with Gasteiger partial charge in [0.05, 0.1) is 6.61 Å². The van der Waals surface area contributed by atoms with Gasteiger partial charge in [-0.15, -0.1) is 23.2 Å². The number of rotatable bonds is 3. The Kier molecular flexibility index (Phi) is 2.50. The van der Waals surface area contributed by atoms with Crippen LogP contribution in [0.3, 0.4) is 0 Å². The van der Waals surface area contributed by atoms with Crippen molar-refractivity contribution < 1.29 is 9.84 Å². The molecule has 1 aliphatic carbocycles. The minimum Gasteiger partial charge on any atom is -0.504 e. The third-order valence-electron chi connectivity index (χ3n) is 2.26. The molecule has 0 saturated heterocycles. The number of benzene rings is 1. The van der Waals surface area contributed by atoms with Crippen LogP contribution < -0.4 is 4.74 Å². The molecule has 2 rings (SSSR count). The minimum atomic E-state index is -0.621. The molecule has 0 unspecified atom stereocenters. The van der Waals surface area contributed by atoms with Crippen molar-refractivity contribution in [2.75, 3.05) is 6.61 Å². The first-order chi connectivity index (χ1) is 6.59. The molecule has 1 aromatic rings. The predicted octanol–water partition coefficient (Wildman–Crippen LogP) is 2.96. The smallest absolute Gasteiger partial charge is 0.160 e. The fourth-order valence-corrected chi connectivity index (χ4v) is 1.72. The maximum Gasteiger partial charge on any atom is 0.160 e. The second-order valence-corrected chi connectivity index (χ2v) is 4.98. The molecule has 1 N–H and O–H groups in total. The zero-order valence-corrected chi connectivity index (χ0v) is 8.92. The van der Waals surface area contributed by atoms with E-state index >= 15 is 0 Å². The van der Waals surface area contributed by atoms with Crippen LogP contribution in [0.4, 0.5) is 0 Å². The van der Waals surface area contributed by atoms with Crippen LogP contribution in [0.2, 0.25) is 0 Å². The quantitative estimate of drug-likeness (QED) is 0.813. The SMILES string of the molecule is Oc1ccccc1OC[C@H]1CC1(Cl)Cl. The largest absolute Gasteiger partial charge is 0.504 e. The highest BCUT2D eigenvalue weighted by atomic mass is 35.5. The lowest BCUT2D eigenvalue weighted by Gasteiger charge is -2.07. The summed E-state index contributed by atoms with van der Waals surface area (Å²) in [7, 11) is 0. The van der Waals surface area contributed by atoms with E-state index in [4.69, 9.17) is 27.9 Å². The number of phenolic OH excluding ortho intramolecular Hbond substituents is 1. The van der Waals surface area contributed by atoms with E-state index in [1.165, 1.54) is 0 Å². The van der Waals surface area contributed by atoms with Crippen molar-refractivity contribution in [3.05, 3.63) is 24.3 Å². The van der Waals surface area contributed by atoms with Crippen molar-refractivity contribution in [2.24, 2.45) is 5.92 Å². The molecule has 0 spiro atoms. The molecule has 0 radical (unpaired) electrons. The Labute approximate surface area is 92.4 Å². The first-order valence-electron chi connectivity index (χ1n) is 4.38. The minimum absolute atomic E-state index is 0.142. The second-order valence-electron chi connectivity index (χ2n) is 3.44. The normalized spacial score (nSPS) is 23.1. The maximum absolute atomic E-state index is 9.38. The van der Waals surface area contributed by atoms with Gasteiger partial charge in [-0.3, -0.25) is 0 Å². The van der Waals surface area contributed by atoms with Crippen LogP contribution in [0.15, 0.2) is 24.3 Å². The molecule has 0 amide bonds. The number of ether oxygens (including phenoxy) is 1. The summed E-state index contributed by atoms with van der Waals surface area (Å²) in [5.41, 5.74) is 0. The standard InChI is InChI=1S/C10H10Cl2O2/c11-10(12)5-7(10)6-14-9-4-2-1-3-8(9)13/h1-4,7,13H,5-6H2/t7-/m1/s1. The number of alkyl halides is 2. The zero-order valence-electron chi connectivity index (χ0n) is 7.41. The van der Waals surface area contributed by atoms with Gasteiger partial charge in [0, 0.05) is 5.92 Å². The third kappa shape index (κ3) is 2.07. The molecule has 4 heteroatoms. The fourth-order valence-electron chi connectivity index (χ4n) is 1.22. The van der Waals surface area contributed by atoms with E-state index in [1.807, 2.05) is 0 Å². The highest BCUT2D eigenvalue weighted by Gasteiger charge is 2.52. The van der Waals surface area contributed by atoms with Crippen LogP contribution in [-0.4, -0.2) is 16.0 Å². The van der Waals surface area contributed by atoms with E-state index < -0.39 is 4.33 Å². The summed E-state index contributed by atoms with van der Waals surface area (Å²) in [6.07, 6.45) is 0.754. The highest BCUT2D eigenvalue weighted by molar-refractivity contribution is 6.50. The van der Waals surface area contributed by atoms with E-state index in [-0.39, 0.29) is 11.7 Å². The fraction of sp³-hybridized carbons (Fsp3) is 0.400. The highest BCUT2D eigenvalue weighted by Crippen LogP contribution is 2.53. The van der Waals surface area contributed by atoms with Gasteiger partial charge in [0.25, 0.3) is 0 Å². The molecule has 14 heavy (non-hydrogen) atoms. The molecular formula is C10H10Cl2O2. The van der Waals surface area contributed by atoms with E-state index in [9.17, 15) is 5.11 Å². The van der Waals surface area contributed by atoms with Crippen LogP contribution in [0.25, 0.3) is 0 Å². The summed E-state index contributed by atoms with van der Waals surface area (Å²) in [6, 6.07) is 6.84. The lowest BCUT2D eigenvalue weighted by Crippen LogP contribution is -2.04. The first-order valence-corrected chi connectivity index (χ1v) is 5.14. The molecule has 1 fully saturated rings. The van der Waals surface area contributed by atoms with Crippen molar-refractivity contribution in [3.63, 3.8) is 0 Å². The van der Waals surface area contributed by atoms with Crippen molar-refractivity contribution in [2.45, 2.75) is 10.8 Å². The lowest BCUT2D eigenvalue weighted by atomic mass is 10.3. The van der Waals surface area contributed by atoms with Gasteiger partial charge in [-0.2, -0.15) is 0 Å². The van der Waals surface area contributed by atoms with Crippen LogP contribution >= 0.6 is 23.2 Å². The summed E-state index contributed by atoms with van der Waals surface area (Å²) in [5.74, 6) is 0.789. The third-order valence-corrected chi connectivity index (χ3v) is 3.19. The topological polar surface area (TPSA) is 29.5 Å². The summed E-state index contributed by atoms with van der Waals surface area (Å²) in [5, 5.41) is 9.38. The molecule has 0 heterocycles. The molecule has 76 valence electrons. The van der Waals surface area contributed by atoms with Crippen molar-refractivity contribution in [1.82, 2.24) is 0 Å². The van der Waals surface area contributed by atoms with E-state index in [0.717, 1.165) is 6.42 Å². The molecule has 1 saturated carbocycles. The van der Waals surface area contributed by atoms with Crippen molar-refractivity contribution in [1.29, 1.82) is 0 Å². The Bertz CT molecular complexity index is 339. The zero-order chi connectivity index (χ0) is 10.2. The van der Waals surface area contributed by atoms with Gasteiger partial charge < -0.3 is 9.84 Å². The van der Waals surface area contributed by atoms with Gasteiger partial charge in [-0.25, -0.2) is 0 Å². The van der Waals surface area contributed by atoms with Crippen LogP contribution in [0.1, 0.15) is 6.42 Å². The predicted molar refractivity (Wildman–Crippen MR) is 56.1 cm³/mol. The van der Waals surface area contributed by atoms with Crippen LogP contribution in [-0.2, 0) is 0 Å². The average Bonchev–Trinajstić information content (AvgIpc) is 2.73.